The molecule has 6 nitrogen and oxygen atoms in total. The summed E-state index contributed by atoms with van der Waals surface area (Å²) in [5, 5.41) is 4.46. The summed E-state index contributed by atoms with van der Waals surface area (Å²) in [6.45, 7) is 6.02. The maximum absolute atomic E-state index is 11.7. The van der Waals surface area contributed by atoms with E-state index in [9.17, 15) is 4.79 Å². The topological polar surface area (TPSA) is 85.8 Å². The number of aromatic nitrogens is 3. The van der Waals surface area contributed by atoms with Crippen LogP contribution in [-0.2, 0) is 7.05 Å². The lowest BCUT2D eigenvalue weighted by Gasteiger charge is -2.18. The summed E-state index contributed by atoms with van der Waals surface area (Å²) >= 11 is 0. The number of anilines is 2. The third-order valence-electron chi connectivity index (χ3n) is 5.20. The highest BCUT2D eigenvalue weighted by Crippen LogP contribution is 2.30. The first-order chi connectivity index (χ1) is 14.3. The molecule has 152 valence electrons. The van der Waals surface area contributed by atoms with Crippen molar-refractivity contribution in [2.75, 3.05) is 11.1 Å². The highest BCUT2D eigenvalue weighted by atomic mass is 16.1. The van der Waals surface area contributed by atoms with E-state index < -0.39 is 0 Å². The lowest BCUT2D eigenvalue weighted by molar-refractivity contribution is 0.862. The normalized spacial score (nSPS) is 12.1. The van der Waals surface area contributed by atoms with Gasteiger partial charge in [0.1, 0.15) is 11.6 Å². The minimum atomic E-state index is -0.0351. The molecule has 0 saturated heterocycles. The monoisotopic (exact) mass is 399 g/mol. The average Bonchev–Trinajstić information content (AvgIpc) is 2.69. The summed E-state index contributed by atoms with van der Waals surface area (Å²) in [6, 6.07) is 15.6. The zero-order chi connectivity index (χ0) is 21.4. The first kappa shape index (κ1) is 19.6. The van der Waals surface area contributed by atoms with Gasteiger partial charge in [-0.25, -0.2) is 9.97 Å². The van der Waals surface area contributed by atoms with Crippen LogP contribution in [0.4, 0.5) is 11.5 Å². The van der Waals surface area contributed by atoms with Crippen LogP contribution in [0.25, 0.3) is 22.0 Å². The van der Waals surface area contributed by atoms with Crippen LogP contribution in [-0.4, -0.2) is 14.5 Å². The van der Waals surface area contributed by atoms with Gasteiger partial charge in [0.05, 0.1) is 11.6 Å². The number of benzene rings is 2. The summed E-state index contributed by atoms with van der Waals surface area (Å²) in [7, 11) is 1.75. The van der Waals surface area contributed by atoms with E-state index in [1.54, 1.807) is 17.7 Å². The van der Waals surface area contributed by atoms with Gasteiger partial charge in [0.2, 0.25) is 5.56 Å². The van der Waals surface area contributed by atoms with Crippen molar-refractivity contribution >= 4 is 22.4 Å². The second-order valence-corrected chi connectivity index (χ2v) is 7.76. The summed E-state index contributed by atoms with van der Waals surface area (Å²) in [5.74, 6) is 1.48. The molecule has 6 heteroatoms. The molecule has 3 N–H and O–H groups in total. The van der Waals surface area contributed by atoms with Gasteiger partial charge in [0, 0.05) is 30.4 Å². The van der Waals surface area contributed by atoms with Gasteiger partial charge in [0.15, 0.2) is 0 Å². The fourth-order valence-electron chi connectivity index (χ4n) is 3.68. The molecule has 0 saturated carbocycles. The second kappa shape index (κ2) is 7.63. The highest BCUT2D eigenvalue weighted by molar-refractivity contribution is 5.92. The molecular weight excluding hydrogens is 374 g/mol. The average molecular weight is 399 g/mol. The number of nitrogens with two attached hydrogens (primary N) is 1. The first-order valence-electron chi connectivity index (χ1n) is 9.89. The number of nitrogens with zero attached hydrogens (tertiary/aromatic N) is 3. The maximum Gasteiger partial charge on any atom is 0.250 e. The van der Waals surface area contributed by atoms with Crippen LogP contribution in [0.1, 0.15) is 29.9 Å². The first-order valence-corrected chi connectivity index (χ1v) is 9.89. The molecule has 0 spiro atoms. The molecular formula is C24H25N5O. The van der Waals surface area contributed by atoms with Crippen LogP contribution < -0.4 is 16.6 Å². The Hall–Kier alpha value is -3.67. The van der Waals surface area contributed by atoms with E-state index in [0.29, 0.717) is 5.82 Å². The molecule has 4 aromatic rings. The number of hydrogen-bond donors (Lipinski definition) is 2. The van der Waals surface area contributed by atoms with E-state index in [1.165, 1.54) is 0 Å². The van der Waals surface area contributed by atoms with Crippen LogP contribution in [0.5, 0.6) is 0 Å². The lowest BCUT2D eigenvalue weighted by atomic mass is 10.0. The molecule has 0 aliphatic carbocycles. The molecule has 2 aromatic carbocycles. The molecule has 0 radical (unpaired) electrons. The van der Waals surface area contributed by atoms with Crippen molar-refractivity contribution in [3.63, 3.8) is 0 Å². The van der Waals surface area contributed by atoms with E-state index in [2.05, 4.69) is 34.3 Å². The Labute approximate surface area is 175 Å². The summed E-state index contributed by atoms with van der Waals surface area (Å²) < 4.78 is 1.58. The molecule has 0 unspecified atom stereocenters. The smallest absolute Gasteiger partial charge is 0.250 e. The third kappa shape index (κ3) is 3.89. The Bertz CT molecular complexity index is 1290. The van der Waals surface area contributed by atoms with Crippen LogP contribution in [0.2, 0.25) is 0 Å². The fraction of sp³-hybridized carbons (Fsp3) is 0.208. The minimum absolute atomic E-state index is 0.0194. The lowest BCUT2D eigenvalue weighted by Crippen LogP contribution is -2.13. The number of pyridine rings is 1. The van der Waals surface area contributed by atoms with Gasteiger partial charge in [-0.3, -0.25) is 4.79 Å². The van der Waals surface area contributed by atoms with E-state index >= 15 is 0 Å². The Balaban J connectivity index is 1.78. The molecule has 0 aliphatic heterocycles. The number of rotatable bonds is 4. The molecule has 2 heterocycles. The van der Waals surface area contributed by atoms with Crippen LogP contribution in [0.3, 0.4) is 0 Å². The third-order valence-corrected chi connectivity index (χ3v) is 5.20. The number of hydrogen-bond acceptors (Lipinski definition) is 5. The van der Waals surface area contributed by atoms with Gasteiger partial charge < -0.3 is 15.6 Å². The largest absolute Gasteiger partial charge is 0.399 e. The summed E-state index contributed by atoms with van der Waals surface area (Å²) in [5.41, 5.74) is 11.8. The van der Waals surface area contributed by atoms with Crippen molar-refractivity contribution in [3.05, 3.63) is 82.0 Å². The zero-order valence-corrected chi connectivity index (χ0v) is 17.6. The summed E-state index contributed by atoms with van der Waals surface area (Å²) in [4.78, 5) is 21.0. The number of nitrogens with one attached hydrogen (secondary N) is 1. The van der Waals surface area contributed by atoms with Gasteiger partial charge in [0.25, 0.3) is 0 Å². The van der Waals surface area contributed by atoms with Crippen molar-refractivity contribution in [2.24, 2.45) is 7.05 Å². The van der Waals surface area contributed by atoms with Crippen molar-refractivity contribution in [1.29, 1.82) is 0 Å². The molecule has 2 aromatic heterocycles. The van der Waals surface area contributed by atoms with Gasteiger partial charge in [-0.05, 0) is 73.4 Å². The standard InChI is InChI=1S/C24H25N5O/c1-14-9-19(11-20(25)10-14)15(2)26-24-21-12-17(5-7-22(21)27-16(3)28-24)18-6-8-23(30)29(4)13-18/h5-13,15H,25H2,1-4H3,(H,26,27,28)/t15-/m1/s1. The predicted molar refractivity (Wildman–Crippen MR) is 123 cm³/mol. The molecule has 0 aliphatic rings. The number of aryl methyl sites for hydroxylation is 3. The van der Waals surface area contributed by atoms with Crippen LogP contribution in [0, 0.1) is 13.8 Å². The van der Waals surface area contributed by atoms with Crippen LogP contribution in [0.15, 0.2) is 59.5 Å². The van der Waals surface area contributed by atoms with Crippen LogP contribution >= 0.6 is 0 Å². The Morgan fingerprint density at radius 2 is 1.77 bits per heavy atom. The number of fused-ring (bicyclic) bond motifs is 1. The maximum atomic E-state index is 11.7. The van der Waals surface area contributed by atoms with Gasteiger partial charge in [-0.1, -0.05) is 12.1 Å². The molecule has 0 amide bonds. The van der Waals surface area contributed by atoms with Crippen molar-refractivity contribution in [3.8, 4) is 11.1 Å². The van der Waals surface area contributed by atoms with E-state index in [4.69, 9.17) is 5.73 Å². The molecule has 30 heavy (non-hydrogen) atoms. The van der Waals surface area contributed by atoms with Crippen molar-refractivity contribution in [2.45, 2.75) is 26.8 Å². The van der Waals surface area contributed by atoms with E-state index in [-0.39, 0.29) is 11.6 Å². The Kier molecular flexibility index (Phi) is 4.99. The molecule has 0 fully saturated rings. The van der Waals surface area contributed by atoms with Gasteiger partial charge in [-0.2, -0.15) is 0 Å². The predicted octanol–water partition coefficient (Wildman–Crippen LogP) is 4.37. The molecule has 0 bridgehead atoms. The minimum Gasteiger partial charge on any atom is -0.399 e. The van der Waals surface area contributed by atoms with Gasteiger partial charge >= 0.3 is 0 Å². The van der Waals surface area contributed by atoms with Crippen molar-refractivity contribution in [1.82, 2.24) is 14.5 Å². The van der Waals surface area contributed by atoms with E-state index in [0.717, 1.165) is 44.7 Å². The SMILES string of the molecule is Cc1cc(N)cc([C@@H](C)Nc2nc(C)nc3ccc(-c4ccc(=O)n(C)c4)cc23)c1. The fourth-order valence-corrected chi connectivity index (χ4v) is 3.68. The number of nitrogen functional groups attached to an aromatic ring is 1. The van der Waals surface area contributed by atoms with Gasteiger partial charge in [-0.15, -0.1) is 0 Å². The quantitative estimate of drug-likeness (QED) is 0.498. The Morgan fingerprint density at radius 1 is 1.00 bits per heavy atom. The summed E-state index contributed by atoms with van der Waals surface area (Å²) in [6.07, 6.45) is 1.84. The second-order valence-electron chi connectivity index (χ2n) is 7.76. The highest BCUT2D eigenvalue weighted by Gasteiger charge is 2.13. The molecule has 4 rings (SSSR count). The Morgan fingerprint density at radius 3 is 2.50 bits per heavy atom. The zero-order valence-electron chi connectivity index (χ0n) is 17.6. The van der Waals surface area contributed by atoms with Crippen molar-refractivity contribution < 1.29 is 0 Å². The molecule has 1 atom stereocenters. The van der Waals surface area contributed by atoms with E-state index in [1.807, 2.05) is 50.4 Å².